The van der Waals surface area contributed by atoms with Crippen LogP contribution in [0.3, 0.4) is 0 Å². The van der Waals surface area contributed by atoms with E-state index in [1.807, 2.05) is 6.07 Å². The molecule has 106 valence electrons. The van der Waals surface area contributed by atoms with Crippen LogP contribution in [0.15, 0.2) is 10.7 Å². The van der Waals surface area contributed by atoms with Gasteiger partial charge in [0.1, 0.15) is 16.2 Å². The van der Waals surface area contributed by atoms with Gasteiger partial charge in [0.15, 0.2) is 0 Å². The molecule has 1 aliphatic rings. The fourth-order valence-electron chi connectivity index (χ4n) is 1.94. The van der Waals surface area contributed by atoms with Gasteiger partial charge in [0.25, 0.3) is 0 Å². The lowest BCUT2D eigenvalue weighted by Gasteiger charge is -2.23. The highest BCUT2D eigenvalue weighted by atomic mass is 79.9. The average molecular weight is 327 g/mol. The molecule has 0 radical (unpaired) electrons. The second kappa shape index (κ2) is 6.66. The smallest absolute Gasteiger partial charge is 0.135 e. The number of halogens is 1. The summed E-state index contributed by atoms with van der Waals surface area (Å²) in [6.07, 6.45) is 3.64. The SMILES string of the molecule is CCC(C)N(C)CCNc1cc(Br)nc(C2CC2)n1. The zero-order valence-corrected chi connectivity index (χ0v) is 13.6. The predicted octanol–water partition coefficient (Wildman–Crippen LogP) is 3.26. The first-order valence-corrected chi connectivity index (χ1v) is 7.88. The van der Waals surface area contributed by atoms with Gasteiger partial charge in [-0.2, -0.15) is 0 Å². The molecule has 1 saturated carbocycles. The Balaban J connectivity index is 1.85. The number of nitrogens with one attached hydrogen (secondary N) is 1. The summed E-state index contributed by atoms with van der Waals surface area (Å²) in [7, 11) is 2.17. The van der Waals surface area contributed by atoms with Crippen LogP contribution in [0.1, 0.15) is 44.9 Å². The van der Waals surface area contributed by atoms with Gasteiger partial charge in [-0.3, -0.25) is 0 Å². The molecule has 0 amide bonds. The molecule has 1 aliphatic carbocycles. The molecular formula is C14H23BrN4. The van der Waals surface area contributed by atoms with Crippen molar-refractivity contribution < 1.29 is 0 Å². The van der Waals surface area contributed by atoms with E-state index in [0.717, 1.165) is 29.3 Å². The largest absolute Gasteiger partial charge is 0.369 e. The Morgan fingerprint density at radius 2 is 2.21 bits per heavy atom. The molecule has 1 fully saturated rings. The highest BCUT2D eigenvalue weighted by Crippen LogP contribution is 2.38. The molecule has 19 heavy (non-hydrogen) atoms. The lowest BCUT2D eigenvalue weighted by Crippen LogP contribution is -2.32. The van der Waals surface area contributed by atoms with Crippen LogP contribution in [0.2, 0.25) is 0 Å². The van der Waals surface area contributed by atoms with E-state index in [0.29, 0.717) is 12.0 Å². The molecular weight excluding hydrogens is 304 g/mol. The number of aromatic nitrogens is 2. The number of hydrogen-bond donors (Lipinski definition) is 1. The topological polar surface area (TPSA) is 41.0 Å². The third-order valence-corrected chi connectivity index (χ3v) is 4.17. The molecule has 0 spiro atoms. The highest BCUT2D eigenvalue weighted by Gasteiger charge is 2.27. The Morgan fingerprint density at radius 3 is 2.84 bits per heavy atom. The van der Waals surface area contributed by atoms with Crippen LogP contribution < -0.4 is 5.32 Å². The second-order valence-corrected chi connectivity index (χ2v) is 6.19. The molecule has 1 unspecified atom stereocenters. The minimum absolute atomic E-state index is 0.584. The van der Waals surface area contributed by atoms with Crippen molar-refractivity contribution in [3.8, 4) is 0 Å². The van der Waals surface area contributed by atoms with Gasteiger partial charge in [-0.05, 0) is 49.2 Å². The standard InChI is InChI=1S/C14H23BrN4/c1-4-10(2)19(3)8-7-16-13-9-12(15)17-14(18-13)11-5-6-11/h9-11H,4-8H2,1-3H3,(H,16,17,18). The molecule has 1 heterocycles. The quantitative estimate of drug-likeness (QED) is 0.781. The van der Waals surface area contributed by atoms with Gasteiger partial charge in [0.2, 0.25) is 0 Å². The molecule has 0 aliphatic heterocycles. The summed E-state index contributed by atoms with van der Waals surface area (Å²) in [4.78, 5) is 11.4. The Kier molecular flexibility index (Phi) is 5.16. The molecule has 0 saturated heterocycles. The summed E-state index contributed by atoms with van der Waals surface area (Å²) >= 11 is 3.46. The van der Waals surface area contributed by atoms with E-state index in [4.69, 9.17) is 0 Å². The van der Waals surface area contributed by atoms with Crippen molar-refractivity contribution in [3.63, 3.8) is 0 Å². The molecule has 1 N–H and O–H groups in total. The van der Waals surface area contributed by atoms with Crippen LogP contribution in [-0.2, 0) is 0 Å². The zero-order chi connectivity index (χ0) is 13.8. The Morgan fingerprint density at radius 1 is 1.47 bits per heavy atom. The average Bonchev–Trinajstić information content (AvgIpc) is 3.21. The van der Waals surface area contributed by atoms with Crippen LogP contribution in [0.5, 0.6) is 0 Å². The number of rotatable bonds is 7. The van der Waals surface area contributed by atoms with E-state index in [1.165, 1.54) is 19.3 Å². The second-order valence-electron chi connectivity index (χ2n) is 5.37. The maximum atomic E-state index is 4.59. The minimum Gasteiger partial charge on any atom is -0.369 e. The molecule has 1 aromatic heterocycles. The van der Waals surface area contributed by atoms with E-state index < -0.39 is 0 Å². The number of likely N-dealkylation sites (N-methyl/N-ethyl adjacent to an activating group) is 1. The fraction of sp³-hybridized carbons (Fsp3) is 0.714. The van der Waals surface area contributed by atoms with Crippen molar-refractivity contribution >= 4 is 21.7 Å². The lowest BCUT2D eigenvalue weighted by atomic mass is 10.2. The molecule has 2 rings (SSSR count). The van der Waals surface area contributed by atoms with Crippen molar-refractivity contribution in [1.29, 1.82) is 0 Å². The van der Waals surface area contributed by atoms with Crippen molar-refractivity contribution in [2.24, 2.45) is 0 Å². The van der Waals surface area contributed by atoms with Gasteiger partial charge in [-0.1, -0.05) is 6.92 Å². The summed E-state index contributed by atoms with van der Waals surface area (Å²) in [5.41, 5.74) is 0. The Hall–Kier alpha value is -0.680. The van der Waals surface area contributed by atoms with E-state index in [2.05, 4.69) is 57.0 Å². The maximum absolute atomic E-state index is 4.59. The molecule has 4 nitrogen and oxygen atoms in total. The highest BCUT2D eigenvalue weighted by molar-refractivity contribution is 9.10. The summed E-state index contributed by atoms with van der Waals surface area (Å²) in [5, 5.41) is 3.40. The third kappa shape index (κ3) is 4.42. The Labute approximate surface area is 124 Å². The van der Waals surface area contributed by atoms with Gasteiger partial charge in [0, 0.05) is 31.1 Å². The maximum Gasteiger partial charge on any atom is 0.135 e. The first-order chi connectivity index (χ1) is 9.10. The lowest BCUT2D eigenvalue weighted by molar-refractivity contribution is 0.261. The van der Waals surface area contributed by atoms with Crippen LogP contribution in [-0.4, -0.2) is 41.0 Å². The third-order valence-electron chi connectivity index (χ3n) is 3.77. The number of anilines is 1. The molecule has 5 heteroatoms. The Bertz CT molecular complexity index is 420. The fourth-order valence-corrected chi connectivity index (χ4v) is 2.34. The number of hydrogen-bond acceptors (Lipinski definition) is 4. The molecule has 1 aromatic rings. The van der Waals surface area contributed by atoms with Crippen molar-refractivity contribution in [2.75, 3.05) is 25.5 Å². The minimum atomic E-state index is 0.584. The van der Waals surface area contributed by atoms with Crippen molar-refractivity contribution in [2.45, 2.75) is 45.1 Å². The number of nitrogens with zero attached hydrogens (tertiary/aromatic N) is 3. The first-order valence-electron chi connectivity index (χ1n) is 7.08. The summed E-state index contributed by atoms with van der Waals surface area (Å²) in [6, 6.07) is 2.58. The summed E-state index contributed by atoms with van der Waals surface area (Å²) in [6.45, 7) is 6.41. The van der Waals surface area contributed by atoms with Gasteiger partial charge >= 0.3 is 0 Å². The van der Waals surface area contributed by atoms with E-state index in [-0.39, 0.29) is 0 Å². The van der Waals surface area contributed by atoms with Crippen LogP contribution in [0, 0.1) is 0 Å². The van der Waals surface area contributed by atoms with Crippen LogP contribution in [0.4, 0.5) is 5.82 Å². The van der Waals surface area contributed by atoms with Crippen molar-refractivity contribution in [3.05, 3.63) is 16.5 Å². The molecule has 0 aromatic carbocycles. The normalized spacial score (nSPS) is 16.7. The van der Waals surface area contributed by atoms with Gasteiger partial charge in [0.05, 0.1) is 0 Å². The predicted molar refractivity (Wildman–Crippen MR) is 82.6 cm³/mol. The monoisotopic (exact) mass is 326 g/mol. The van der Waals surface area contributed by atoms with Crippen LogP contribution >= 0.6 is 15.9 Å². The van der Waals surface area contributed by atoms with Gasteiger partial charge in [-0.25, -0.2) is 9.97 Å². The van der Waals surface area contributed by atoms with Gasteiger partial charge in [-0.15, -0.1) is 0 Å². The van der Waals surface area contributed by atoms with Gasteiger partial charge < -0.3 is 10.2 Å². The summed E-state index contributed by atoms with van der Waals surface area (Å²) < 4.78 is 0.877. The zero-order valence-electron chi connectivity index (χ0n) is 12.0. The first kappa shape index (κ1) is 14.7. The molecule has 1 atom stereocenters. The van der Waals surface area contributed by atoms with E-state index in [9.17, 15) is 0 Å². The van der Waals surface area contributed by atoms with E-state index >= 15 is 0 Å². The van der Waals surface area contributed by atoms with Crippen molar-refractivity contribution in [1.82, 2.24) is 14.9 Å². The van der Waals surface area contributed by atoms with E-state index in [1.54, 1.807) is 0 Å². The van der Waals surface area contributed by atoms with Crippen LogP contribution in [0.25, 0.3) is 0 Å². The summed E-state index contributed by atoms with van der Waals surface area (Å²) in [5.74, 6) is 2.49. The molecule has 0 bridgehead atoms.